The highest BCUT2D eigenvalue weighted by Crippen LogP contribution is 2.23. The van der Waals surface area contributed by atoms with Crippen LogP contribution < -0.4 is 5.32 Å². The van der Waals surface area contributed by atoms with E-state index >= 15 is 0 Å². The molecular weight excluding hydrogens is 344 g/mol. The summed E-state index contributed by atoms with van der Waals surface area (Å²) in [6, 6.07) is 8.91. The molecule has 0 aliphatic carbocycles. The molecule has 7 nitrogen and oxygen atoms in total. The fourth-order valence-electron chi connectivity index (χ4n) is 3.01. The number of benzene rings is 1. The summed E-state index contributed by atoms with van der Waals surface area (Å²) in [6.45, 7) is 0.671. The average molecular weight is 368 g/mol. The average Bonchev–Trinajstić information content (AvgIpc) is 2.58. The van der Waals surface area contributed by atoms with Gasteiger partial charge in [-0.2, -0.15) is 0 Å². The Labute approximate surface area is 148 Å². The van der Waals surface area contributed by atoms with Crippen LogP contribution in [0.5, 0.6) is 0 Å². The van der Waals surface area contributed by atoms with Gasteiger partial charge in [0.15, 0.2) is 0 Å². The number of sulfonamides is 1. The summed E-state index contributed by atoms with van der Waals surface area (Å²) in [4.78, 5) is 23.4. The highest BCUT2D eigenvalue weighted by Gasteiger charge is 2.30. The predicted molar refractivity (Wildman–Crippen MR) is 93.3 cm³/mol. The predicted octanol–water partition coefficient (Wildman–Crippen LogP) is 1.38. The molecular formula is C17H24N2O5S. The van der Waals surface area contributed by atoms with E-state index in [-0.39, 0.29) is 24.3 Å². The molecule has 0 spiro atoms. The molecule has 1 fully saturated rings. The lowest BCUT2D eigenvalue weighted by molar-refractivity contribution is -0.137. The van der Waals surface area contributed by atoms with Crippen LogP contribution in [-0.4, -0.2) is 49.1 Å². The molecule has 0 saturated carbocycles. The Morgan fingerprint density at radius 3 is 2.36 bits per heavy atom. The van der Waals surface area contributed by atoms with Gasteiger partial charge in [-0.1, -0.05) is 30.3 Å². The van der Waals surface area contributed by atoms with E-state index in [0.717, 1.165) is 5.56 Å². The summed E-state index contributed by atoms with van der Waals surface area (Å²) >= 11 is 0. The van der Waals surface area contributed by atoms with E-state index in [1.807, 2.05) is 30.3 Å². The van der Waals surface area contributed by atoms with Crippen molar-refractivity contribution in [1.29, 1.82) is 0 Å². The lowest BCUT2D eigenvalue weighted by atomic mass is 9.95. The van der Waals surface area contributed by atoms with Crippen molar-refractivity contribution in [2.75, 3.05) is 19.3 Å². The Hall–Kier alpha value is -1.93. The fourth-order valence-corrected chi connectivity index (χ4v) is 3.89. The van der Waals surface area contributed by atoms with Crippen LogP contribution in [0.3, 0.4) is 0 Å². The van der Waals surface area contributed by atoms with E-state index in [2.05, 4.69) is 5.32 Å². The third-order valence-electron chi connectivity index (χ3n) is 4.46. The molecule has 1 aliphatic rings. The number of hydrogen-bond donors (Lipinski definition) is 2. The molecule has 8 heteroatoms. The Kier molecular flexibility index (Phi) is 6.55. The van der Waals surface area contributed by atoms with Crippen molar-refractivity contribution in [3.8, 4) is 0 Å². The largest absolute Gasteiger partial charge is 0.481 e. The second-order valence-electron chi connectivity index (χ2n) is 6.34. The maximum Gasteiger partial charge on any atom is 0.303 e. The molecule has 1 aromatic rings. The highest BCUT2D eigenvalue weighted by atomic mass is 32.2. The lowest BCUT2D eigenvalue weighted by Gasteiger charge is -2.30. The molecule has 0 aromatic heterocycles. The van der Waals surface area contributed by atoms with Gasteiger partial charge < -0.3 is 10.4 Å². The second kappa shape index (κ2) is 8.44. The molecule has 1 atom stereocenters. The topological polar surface area (TPSA) is 104 Å². The number of amides is 1. The van der Waals surface area contributed by atoms with Crippen LogP contribution in [0, 0.1) is 5.92 Å². The third-order valence-corrected chi connectivity index (χ3v) is 5.76. The number of nitrogens with one attached hydrogen (secondary N) is 1. The van der Waals surface area contributed by atoms with Crippen molar-refractivity contribution in [3.05, 3.63) is 35.9 Å². The number of carboxylic acid groups (broad SMARTS) is 1. The molecule has 2 rings (SSSR count). The monoisotopic (exact) mass is 368 g/mol. The van der Waals surface area contributed by atoms with Crippen LogP contribution in [-0.2, 0) is 19.6 Å². The van der Waals surface area contributed by atoms with E-state index in [0.29, 0.717) is 32.4 Å². The SMILES string of the molecule is CS(=O)(=O)N1CCC(C(=O)NC(CCC(=O)O)c2ccccc2)CC1. The minimum atomic E-state index is -3.22. The first kappa shape index (κ1) is 19.4. The van der Waals surface area contributed by atoms with Gasteiger partial charge in [-0.15, -0.1) is 0 Å². The smallest absolute Gasteiger partial charge is 0.303 e. The molecule has 1 amide bonds. The summed E-state index contributed by atoms with van der Waals surface area (Å²) < 4.78 is 24.5. The molecule has 1 saturated heterocycles. The van der Waals surface area contributed by atoms with Crippen LogP contribution in [0.25, 0.3) is 0 Å². The normalized spacial score (nSPS) is 17.8. The Morgan fingerprint density at radius 2 is 1.84 bits per heavy atom. The van der Waals surface area contributed by atoms with Crippen molar-refractivity contribution in [2.24, 2.45) is 5.92 Å². The molecule has 2 N–H and O–H groups in total. The molecule has 1 aliphatic heterocycles. The minimum Gasteiger partial charge on any atom is -0.481 e. The number of carbonyl (C=O) groups is 2. The maximum absolute atomic E-state index is 12.6. The van der Waals surface area contributed by atoms with Gasteiger partial charge in [0.25, 0.3) is 0 Å². The van der Waals surface area contributed by atoms with Crippen molar-refractivity contribution in [3.63, 3.8) is 0 Å². The molecule has 1 aromatic carbocycles. The highest BCUT2D eigenvalue weighted by molar-refractivity contribution is 7.88. The number of hydrogen-bond acceptors (Lipinski definition) is 4. The first-order chi connectivity index (χ1) is 11.8. The Bertz CT molecular complexity index is 697. The first-order valence-corrected chi connectivity index (χ1v) is 10.1. The summed E-state index contributed by atoms with van der Waals surface area (Å²) in [5, 5.41) is 11.9. The van der Waals surface area contributed by atoms with Gasteiger partial charge in [-0.05, 0) is 24.8 Å². The molecule has 1 heterocycles. The van der Waals surface area contributed by atoms with Crippen LogP contribution in [0.2, 0.25) is 0 Å². The van der Waals surface area contributed by atoms with E-state index < -0.39 is 16.0 Å². The quantitative estimate of drug-likeness (QED) is 0.757. The number of aliphatic carboxylic acids is 1. The van der Waals surface area contributed by atoms with Crippen molar-refractivity contribution in [2.45, 2.75) is 31.7 Å². The first-order valence-electron chi connectivity index (χ1n) is 8.29. The van der Waals surface area contributed by atoms with E-state index in [1.54, 1.807) is 0 Å². The number of nitrogens with zero attached hydrogens (tertiary/aromatic N) is 1. The molecule has 0 radical (unpaired) electrons. The molecule has 138 valence electrons. The van der Waals surface area contributed by atoms with Crippen LogP contribution in [0.1, 0.15) is 37.3 Å². The molecule has 0 bridgehead atoms. The number of piperidine rings is 1. The Morgan fingerprint density at radius 1 is 1.24 bits per heavy atom. The summed E-state index contributed by atoms with van der Waals surface area (Å²) in [6.07, 6.45) is 2.39. The zero-order valence-electron chi connectivity index (χ0n) is 14.2. The Balaban J connectivity index is 1.99. The van der Waals surface area contributed by atoms with E-state index in [9.17, 15) is 18.0 Å². The van der Waals surface area contributed by atoms with E-state index in [4.69, 9.17) is 5.11 Å². The third kappa shape index (κ3) is 5.82. The number of rotatable bonds is 7. The fraction of sp³-hybridized carbons (Fsp3) is 0.529. The molecule has 25 heavy (non-hydrogen) atoms. The van der Waals surface area contributed by atoms with Gasteiger partial charge in [-0.25, -0.2) is 12.7 Å². The van der Waals surface area contributed by atoms with Crippen LogP contribution in [0.4, 0.5) is 0 Å². The van der Waals surface area contributed by atoms with Crippen molar-refractivity contribution < 1.29 is 23.1 Å². The lowest BCUT2D eigenvalue weighted by Crippen LogP contribution is -2.43. The van der Waals surface area contributed by atoms with Crippen LogP contribution >= 0.6 is 0 Å². The number of carboxylic acids is 1. The zero-order chi connectivity index (χ0) is 18.4. The van der Waals surface area contributed by atoms with Crippen LogP contribution in [0.15, 0.2) is 30.3 Å². The van der Waals surface area contributed by atoms with Gasteiger partial charge >= 0.3 is 5.97 Å². The van der Waals surface area contributed by atoms with Gasteiger partial charge in [0.2, 0.25) is 15.9 Å². The van der Waals surface area contributed by atoms with Gasteiger partial charge in [0.1, 0.15) is 0 Å². The van der Waals surface area contributed by atoms with Crippen molar-refractivity contribution in [1.82, 2.24) is 9.62 Å². The van der Waals surface area contributed by atoms with Gasteiger partial charge in [0.05, 0.1) is 12.3 Å². The van der Waals surface area contributed by atoms with Gasteiger partial charge in [-0.3, -0.25) is 9.59 Å². The zero-order valence-corrected chi connectivity index (χ0v) is 15.0. The standard InChI is InChI=1S/C17H24N2O5S/c1-25(23,24)19-11-9-14(10-12-19)17(22)18-15(7-8-16(20)21)13-5-3-2-4-6-13/h2-6,14-15H,7-12H2,1H3,(H,18,22)(H,20,21). The van der Waals surface area contributed by atoms with Gasteiger partial charge in [0, 0.05) is 25.4 Å². The van der Waals surface area contributed by atoms with E-state index in [1.165, 1.54) is 10.6 Å². The minimum absolute atomic E-state index is 0.0354. The second-order valence-corrected chi connectivity index (χ2v) is 8.32. The maximum atomic E-state index is 12.6. The summed E-state index contributed by atoms with van der Waals surface area (Å²) in [5.41, 5.74) is 0.866. The summed E-state index contributed by atoms with van der Waals surface area (Å²) in [7, 11) is -3.22. The summed E-state index contributed by atoms with van der Waals surface area (Å²) in [5.74, 6) is -1.31. The van der Waals surface area contributed by atoms with Crippen molar-refractivity contribution >= 4 is 21.9 Å². The molecule has 1 unspecified atom stereocenters. The number of carbonyl (C=O) groups excluding carboxylic acids is 1.